The third kappa shape index (κ3) is 4.49. The molecule has 0 aliphatic carbocycles. The first-order chi connectivity index (χ1) is 7.24. The smallest absolute Gasteiger partial charge is 0.147 e. The van der Waals surface area contributed by atoms with Gasteiger partial charge in [0.05, 0.1) is 12.3 Å². The highest BCUT2D eigenvalue weighted by Crippen LogP contribution is 2.18. The number of hydrogen-bond acceptors (Lipinski definition) is 2. The standard InChI is InChI=1S/C11H15ClFNO/c1-2-6-15-7-5-14-11-4-3-9(12)8-10(11)13/h3-4,8,14H,2,5-7H2,1H3. The summed E-state index contributed by atoms with van der Waals surface area (Å²) >= 11 is 5.63. The number of nitrogens with one attached hydrogen (secondary N) is 1. The van der Waals surface area contributed by atoms with Crippen LogP contribution >= 0.6 is 11.6 Å². The van der Waals surface area contributed by atoms with Gasteiger partial charge in [0.1, 0.15) is 5.82 Å². The van der Waals surface area contributed by atoms with E-state index in [0.717, 1.165) is 13.0 Å². The van der Waals surface area contributed by atoms with Crippen molar-refractivity contribution in [2.24, 2.45) is 0 Å². The molecule has 84 valence electrons. The molecule has 0 aliphatic rings. The topological polar surface area (TPSA) is 21.3 Å². The molecule has 0 saturated heterocycles. The van der Waals surface area contributed by atoms with Crippen LogP contribution in [0.2, 0.25) is 5.02 Å². The Kier molecular flexibility index (Phi) is 5.43. The molecule has 0 fully saturated rings. The van der Waals surface area contributed by atoms with Crippen LogP contribution in [-0.2, 0) is 4.74 Å². The van der Waals surface area contributed by atoms with Gasteiger partial charge in [-0.05, 0) is 24.6 Å². The minimum absolute atomic E-state index is 0.335. The van der Waals surface area contributed by atoms with E-state index in [2.05, 4.69) is 5.32 Å². The predicted octanol–water partition coefficient (Wildman–Crippen LogP) is 3.32. The summed E-state index contributed by atoms with van der Waals surface area (Å²) < 4.78 is 18.5. The van der Waals surface area contributed by atoms with E-state index >= 15 is 0 Å². The molecule has 0 heterocycles. The molecule has 0 bridgehead atoms. The fraction of sp³-hybridized carbons (Fsp3) is 0.455. The zero-order valence-corrected chi connectivity index (χ0v) is 9.48. The Morgan fingerprint density at radius 3 is 2.87 bits per heavy atom. The van der Waals surface area contributed by atoms with Crippen molar-refractivity contribution >= 4 is 17.3 Å². The van der Waals surface area contributed by atoms with Gasteiger partial charge in [-0.3, -0.25) is 0 Å². The van der Waals surface area contributed by atoms with Crippen LogP contribution in [0.15, 0.2) is 18.2 Å². The first kappa shape index (κ1) is 12.3. The average Bonchev–Trinajstić information content (AvgIpc) is 2.20. The van der Waals surface area contributed by atoms with Crippen molar-refractivity contribution in [2.45, 2.75) is 13.3 Å². The van der Waals surface area contributed by atoms with Gasteiger partial charge < -0.3 is 10.1 Å². The van der Waals surface area contributed by atoms with E-state index in [4.69, 9.17) is 16.3 Å². The number of halogens is 2. The van der Waals surface area contributed by atoms with Crippen LogP contribution in [0.25, 0.3) is 0 Å². The lowest BCUT2D eigenvalue weighted by Gasteiger charge is -2.07. The maximum Gasteiger partial charge on any atom is 0.147 e. The highest BCUT2D eigenvalue weighted by atomic mass is 35.5. The molecular formula is C11H15ClFNO. The van der Waals surface area contributed by atoms with Crippen LogP contribution < -0.4 is 5.32 Å². The summed E-state index contributed by atoms with van der Waals surface area (Å²) in [7, 11) is 0. The van der Waals surface area contributed by atoms with Crippen LogP contribution in [0.3, 0.4) is 0 Å². The Hall–Kier alpha value is -0.800. The Labute approximate surface area is 94.4 Å². The van der Waals surface area contributed by atoms with Gasteiger partial charge in [-0.15, -0.1) is 0 Å². The third-order valence-corrected chi connectivity index (χ3v) is 2.08. The van der Waals surface area contributed by atoms with Gasteiger partial charge in [-0.25, -0.2) is 4.39 Å². The van der Waals surface area contributed by atoms with Crippen LogP contribution in [0.5, 0.6) is 0 Å². The second-order valence-electron chi connectivity index (χ2n) is 3.16. The number of rotatable bonds is 6. The largest absolute Gasteiger partial charge is 0.380 e. The van der Waals surface area contributed by atoms with E-state index in [1.165, 1.54) is 6.07 Å². The lowest BCUT2D eigenvalue weighted by molar-refractivity contribution is 0.144. The summed E-state index contributed by atoms with van der Waals surface area (Å²) in [5.41, 5.74) is 0.458. The SMILES string of the molecule is CCCOCCNc1ccc(Cl)cc1F. The van der Waals surface area contributed by atoms with Crippen molar-refractivity contribution in [3.63, 3.8) is 0 Å². The Morgan fingerprint density at radius 1 is 1.40 bits per heavy atom. The van der Waals surface area contributed by atoms with Gasteiger partial charge in [-0.1, -0.05) is 18.5 Å². The zero-order valence-electron chi connectivity index (χ0n) is 8.72. The van der Waals surface area contributed by atoms with Crippen molar-refractivity contribution < 1.29 is 9.13 Å². The molecule has 1 aromatic rings. The number of hydrogen-bond donors (Lipinski definition) is 1. The average molecular weight is 232 g/mol. The first-order valence-corrected chi connectivity index (χ1v) is 5.38. The third-order valence-electron chi connectivity index (χ3n) is 1.84. The van der Waals surface area contributed by atoms with Gasteiger partial charge in [0.2, 0.25) is 0 Å². The fourth-order valence-corrected chi connectivity index (χ4v) is 1.30. The predicted molar refractivity (Wildman–Crippen MR) is 61.0 cm³/mol. The highest BCUT2D eigenvalue weighted by molar-refractivity contribution is 6.30. The molecule has 0 aliphatic heterocycles. The van der Waals surface area contributed by atoms with Crippen LogP contribution in [-0.4, -0.2) is 19.8 Å². The maximum absolute atomic E-state index is 13.2. The van der Waals surface area contributed by atoms with Gasteiger partial charge in [0, 0.05) is 18.2 Å². The minimum atomic E-state index is -0.335. The van der Waals surface area contributed by atoms with E-state index in [1.807, 2.05) is 6.92 Å². The molecule has 15 heavy (non-hydrogen) atoms. The Balaban J connectivity index is 2.31. The highest BCUT2D eigenvalue weighted by Gasteiger charge is 2.01. The lowest BCUT2D eigenvalue weighted by Crippen LogP contribution is -2.10. The number of anilines is 1. The summed E-state index contributed by atoms with van der Waals surface area (Å²) in [5.74, 6) is -0.335. The molecule has 4 heteroatoms. The van der Waals surface area contributed by atoms with Gasteiger partial charge in [0.15, 0.2) is 0 Å². The maximum atomic E-state index is 13.2. The Bertz CT molecular complexity index is 307. The summed E-state index contributed by atoms with van der Waals surface area (Å²) in [6, 6.07) is 4.56. The zero-order chi connectivity index (χ0) is 11.1. The summed E-state index contributed by atoms with van der Waals surface area (Å²) in [6.45, 7) is 3.96. The molecule has 1 aromatic carbocycles. The second-order valence-corrected chi connectivity index (χ2v) is 3.60. The van der Waals surface area contributed by atoms with Crippen molar-refractivity contribution in [1.82, 2.24) is 0 Å². The first-order valence-electron chi connectivity index (χ1n) is 5.00. The molecule has 1 rings (SSSR count). The van der Waals surface area contributed by atoms with E-state index in [9.17, 15) is 4.39 Å². The molecule has 0 aromatic heterocycles. The molecule has 0 saturated carbocycles. The molecule has 1 N–H and O–H groups in total. The van der Waals surface area contributed by atoms with Gasteiger partial charge >= 0.3 is 0 Å². The molecule has 0 spiro atoms. The normalized spacial score (nSPS) is 10.3. The number of benzene rings is 1. The van der Waals surface area contributed by atoms with Crippen molar-refractivity contribution in [1.29, 1.82) is 0 Å². The van der Waals surface area contributed by atoms with Crippen molar-refractivity contribution in [2.75, 3.05) is 25.1 Å². The van der Waals surface area contributed by atoms with Crippen molar-refractivity contribution in [3.8, 4) is 0 Å². The van der Waals surface area contributed by atoms with Gasteiger partial charge in [0.25, 0.3) is 0 Å². The molecule has 0 unspecified atom stereocenters. The van der Waals surface area contributed by atoms with Crippen LogP contribution in [0, 0.1) is 5.82 Å². The summed E-state index contributed by atoms with van der Waals surface area (Å²) in [5, 5.41) is 3.34. The van der Waals surface area contributed by atoms with E-state index in [-0.39, 0.29) is 5.82 Å². The quantitative estimate of drug-likeness (QED) is 0.759. The second kappa shape index (κ2) is 6.64. The molecule has 0 radical (unpaired) electrons. The lowest BCUT2D eigenvalue weighted by atomic mass is 10.3. The monoisotopic (exact) mass is 231 g/mol. The molecule has 0 amide bonds. The van der Waals surface area contributed by atoms with Crippen molar-refractivity contribution in [3.05, 3.63) is 29.0 Å². The fourth-order valence-electron chi connectivity index (χ4n) is 1.14. The Morgan fingerprint density at radius 2 is 2.20 bits per heavy atom. The summed E-state index contributed by atoms with van der Waals surface area (Å²) in [4.78, 5) is 0. The summed E-state index contributed by atoms with van der Waals surface area (Å²) in [6.07, 6.45) is 0.995. The van der Waals surface area contributed by atoms with Gasteiger partial charge in [-0.2, -0.15) is 0 Å². The minimum Gasteiger partial charge on any atom is -0.380 e. The number of ether oxygens (including phenoxy) is 1. The van der Waals surface area contributed by atoms with E-state index < -0.39 is 0 Å². The molecule has 2 nitrogen and oxygen atoms in total. The van der Waals surface area contributed by atoms with Crippen LogP contribution in [0.4, 0.5) is 10.1 Å². The van der Waals surface area contributed by atoms with Crippen LogP contribution in [0.1, 0.15) is 13.3 Å². The van der Waals surface area contributed by atoms with E-state index in [0.29, 0.717) is 23.9 Å². The molecule has 0 atom stereocenters. The molecular weight excluding hydrogens is 217 g/mol. The van der Waals surface area contributed by atoms with E-state index in [1.54, 1.807) is 12.1 Å².